The second-order valence-corrected chi connectivity index (χ2v) is 6.27. The average molecular weight is 443 g/mol. The lowest BCUT2D eigenvalue weighted by Gasteiger charge is -2.15. The molecule has 2 aromatic carbocycles. The van der Waals surface area contributed by atoms with Crippen LogP contribution < -0.4 is 11.1 Å². The molecule has 0 atom stereocenters. The first-order valence-corrected chi connectivity index (χ1v) is 7.85. The fourth-order valence-corrected chi connectivity index (χ4v) is 2.81. The van der Waals surface area contributed by atoms with Gasteiger partial charge in [0.2, 0.25) is 0 Å². The van der Waals surface area contributed by atoms with Crippen LogP contribution in [0.15, 0.2) is 30.3 Å². The number of aromatic hydroxyl groups is 1. The van der Waals surface area contributed by atoms with Crippen molar-refractivity contribution in [2.75, 3.05) is 11.1 Å². The number of nitrogens with zero attached hydrogens (tertiary/aromatic N) is 3. The molecule has 24 heavy (non-hydrogen) atoms. The summed E-state index contributed by atoms with van der Waals surface area (Å²) in [4.78, 5) is 0. The summed E-state index contributed by atoms with van der Waals surface area (Å²) >= 11 is 2.09. The summed E-state index contributed by atoms with van der Waals surface area (Å²) in [5.74, 6) is -2.51. The number of benzene rings is 2. The number of hydrogen-bond acceptors (Lipinski definition) is 5. The third-order valence-electron chi connectivity index (χ3n) is 3.43. The maximum Gasteiger partial charge on any atom is 0.259 e. The van der Waals surface area contributed by atoms with Gasteiger partial charge in [0.1, 0.15) is 5.69 Å². The number of halogens is 3. The van der Waals surface area contributed by atoms with Crippen LogP contribution in [-0.4, -0.2) is 20.1 Å². The predicted octanol–water partition coefficient (Wildman–Crippen LogP) is 3.40. The summed E-state index contributed by atoms with van der Waals surface area (Å²) in [6.45, 7) is 0. The first kappa shape index (κ1) is 16.4. The smallest absolute Gasteiger partial charge is 0.259 e. The Hall–Kier alpha value is -2.43. The molecule has 3 rings (SSSR count). The molecule has 6 nitrogen and oxygen atoms in total. The lowest BCUT2D eigenvalue weighted by Crippen LogP contribution is -2.04. The van der Waals surface area contributed by atoms with E-state index in [9.17, 15) is 13.9 Å². The zero-order chi connectivity index (χ0) is 17.4. The second-order valence-electron chi connectivity index (χ2n) is 5.03. The number of nitrogen functional groups attached to an aromatic ring is 1. The quantitative estimate of drug-likeness (QED) is 0.427. The standard InChI is InChI=1S/C15H12F2IN5O/c1-23-14(15(24)21-22-23)8-3-4-9(16)12(17)13(8)20-11-5-2-7(18)6-10(11)19/h2-6,20,24H,19H2,1H3. The summed E-state index contributed by atoms with van der Waals surface area (Å²) in [5, 5.41) is 19.8. The van der Waals surface area contributed by atoms with E-state index in [0.717, 1.165) is 9.64 Å². The Kier molecular flexibility index (Phi) is 4.26. The van der Waals surface area contributed by atoms with E-state index in [1.54, 1.807) is 18.2 Å². The molecule has 0 aliphatic carbocycles. The topological polar surface area (TPSA) is 89.0 Å². The molecular weight excluding hydrogens is 431 g/mol. The number of nitrogens with two attached hydrogens (primary N) is 1. The van der Waals surface area contributed by atoms with E-state index in [2.05, 4.69) is 38.2 Å². The third-order valence-corrected chi connectivity index (χ3v) is 4.10. The van der Waals surface area contributed by atoms with E-state index in [4.69, 9.17) is 5.73 Å². The fourth-order valence-electron chi connectivity index (χ4n) is 2.29. The largest absolute Gasteiger partial charge is 0.491 e. The number of anilines is 3. The molecule has 0 aliphatic heterocycles. The van der Waals surface area contributed by atoms with Gasteiger partial charge >= 0.3 is 0 Å². The molecule has 4 N–H and O–H groups in total. The molecule has 9 heteroatoms. The molecule has 1 heterocycles. The van der Waals surface area contributed by atoms with E-state index < -0.39 is 11.6 Å². The van der Waals surface area contributed by atoms with Gasteiger partial charge in [-0.25, -0.2) is 13.5 Å². The van der Waals surface area contributed by atoms with Gasteiger partial charge in [-0.3, -0.25) is 0 Å². The minimum Gasteiger partial charge on any atom is -0.491 e. The molecule has 0 unspecified atom stereocenters. The van der Waals surface area contributed by atoms with Crippen molar-refractivity contribution in [3.63, 3.8) is 0 Å². The Morgan fingerprint density at radius 3 is 2.62 bits per heavy atom. The van der Waals surface area contributed by atoms with Crippen molar-refractivity contribution in [1.82, 2.24) is 15.0 Å². The van der Waals surface area contributed by atoms with Crippen molar-refractivity contribution in [3.05, 3.63) is 45.5 Å². The van der Waals surface area contributed by atoms with Crippen LogP contribution in [0.1, 0.15) is 0 Å². The summed E-state index contributed by atoms with van der Waals surface area (Å²) < 4.78 is 30.3. The Balaban J connectivity index is 2.18. The minimum atomic E-state index is -1.09. The molecule has 0 saturated heterocycles. The van der Waals surface area contributed by atoms with Crippen molar-refractivity contribution in [3.8, 4) is 17.1 Å². The second kappa shape index (κ2) is 6.23. The van der Waals surface area contributed by atoms with E-state index in [1.807, 2.05) is 0 Å². The van der Waals surface area contributed by atoms with Crippen LogP contribution in [0.2, 0.25) is 0 Å². The number of nitrogens with one attached hydrogen (secondary N) is 1. The van der Waals surface area contributed by atoms with Gasteiger partial charge in [-0.2, -0.15) is 0 Å². The van der Waals surface area contributed by atoms with Crippen LogP contribution in [0.5, 0.6) is 5.88 Å². The third kappa shape index (κ3) is 2.86. The molecule has 0 saturated carbocycles. The van der Waals surface area contributed by atoms with Gasteiger partial charge in [0, 0.05) is 16.2 Å². The number of rotatable bonds is 3. The first-order chi connectivity index (χ1) is 11.4. The molecule has 124 valence electrons. The SMILES string of the molecule is Cn1nnc(O)c1-c1ccc(F)c(F)c1Nc1ccc(I)cc1N. The highest BCUT2D eigenvalue weighted by Gasteiger charge is 2.21. The van der Waals surface area contributed by atoms with Gasteiger partial charge in [-0.15, -0.1) is 0 Å². The molecule has 3 aromatic rings. The van der Waals surface area contributed by atoms with E-state index in [-0.39, 0.29) is 22.8 Å². The van der Waals surface area contributed by atoms with Gasteiger partial charge in [0.25, 0.3) is 5.88 Å². The first-order valence-electron chi connectivity index (χ1n) is 6.77. The Morgan fingerprint density at radius 2 is 2.00 bits per heavy atom. The zero-order valence-corrected chi connectivity index (χ0v) is 14.5. The number of hydrogen-bond donors (Lipinski definition) is 3. The predicted molar refractivity (Wildman–Crippen MR) is 94.9 cm³/mol. The highest BCUT2D eigenvalue weighted by molar-refractivity contribution is 14.1. The molecule has 0 amide bonds. The average Bonchev–Trinajstić information content (AvgIpc) is 2.86. The lowest BCUT2D eigenvalue weighted by atomic mass is 10.1. The van der Waals surface area contributed by atoms with Crippen LogP contribution in [0.25, 0.3) is 11.3 Å². The molecule has 0 bridgehead atoms. The molecule has 1 aromatic heterocycles. The Morgan fingerprint density at radius 1 is 1.25 bits per heavy atom. The van der Waals surface area contributed by atoms with Gasteiger partial charge in [0.15, 0.2) is 11.6 Å². The molecule has 0 spiro atoms. The zero-order valence-electron chi connectivity index (χ0n) is 12.4. The van der Waals surface area contributed by atoms with Gasteiger partial charge in [-0.05, 0) is 52.9 Å². The van der Waals surface area contributed by atoms with Crippen LogP contribution in [0, 0.1) is 15.2 Å². The van der Waals surface area contributed by atoms with Crippen molar-refractivity contribution < 1.29 is 13.9 Å². The fraction of sp³-hybridized carbons (Fsp3) is 0.0667. The van der Waals surface area contributed by atoms with E-state index in [0.29, 0.717) is 11.4 Å². The van der Waals surface area contributed by atoms with E-state index >= 15 is 0 Å². The normalized spacial score (nSPS) is 10.8. The maximum atomic E-state index is 14.4. The molecule has 0 aliphatic rings. The van der Waals surface area contributed by atoms with Crippen molar-refractivity contribution in [1.29, 1.82) is 0 Å². The van der Waals surface area contributed by atoms with Crippen LogP contribution in [0.3, 0.4) is 0 Å². The molecule has 0 radical (unpaired) electrons. The van der Waals surface area contributed by atoms with Crippen LogP contribution in [-0.2, 0) is 7.05 Å². The lowest BCUT2D eigenvalue weighted by molar-refractivity contribution is 0.453. The van der Waals surface area contributed by atoms with Crippen molar-refractivity contribution in [2.45, 2.75) is 0 Å². The summed E-state index contributed by atoms with van der Waals surface area (Å²) in [5.41, 5.74) is 6.91. The van der Waals surface area contributed by atoms with Crippen molar-refractivity contribution in [2.24, 2.45) is 7.05 Å². The number of aromatic nitrogens is 3. The van der Waals surface area contributed by atoms with Gasteiger partial charge < -0.3 is 16.2 Å². The Labute approximate surface area is 149 Å². The highest BCUT2D eigenvalue weighted by atomic mass is 127. The molecule has 0 fully saturated rings. The Bertz CT molecular complexity index is 909. The summed E-state index contributed by atoms with van der Waals surface area (Å²) in [7, 11) is 1.53. The maximum absolute atomic E-state index is 14.4. The van der Waals surface area contributed by atoms with Crippen molar-refractivity contribution >= 4 is 39.7 Å². The molecular formula is C15H12F2IN5O. The van der Waals surface area contributed by atoms with Gasteiger partial charge in [-0.1, -0.05) is 10.3 Å². The van der Waals surface area contributed by atoms with E-state index in [1.165, 1.54) is 17.8 Å². The van der Waals surface area contributed by atoms with Gasteiger partial charge in [0.05, 0.1) is 17.1 Å². The number of aryl methyl sites for hydroxylation is 1. The highest BCUT2D eigenvalue weighted by Crippen LogP contribution is 2.38. The summed E-state index contributed by atoms with van der Waals surface area (Å²) in [6, 6.07) is 7.44. The minimum absolute atomic E-state index is 0.153. The monoisotopic (exact) mass is 443 g/mol. The summed E-state index contributed by atoms with van der Waals surface area (Å²) in [6.07, 6.45) is 0. The van der Waals surface area contributed by atoms with Crippen LogP contribution in [0.4, 0.5) is 25.8 Å². The van der Waals surface area contributed by atoms with Crippen LogP contribution >= 0.6 is 22.6 Å².